The van der Waals surface area contributed by atoms with Crippen LogP contribution in [0.2, 0.25) is 0 Å². The van der Waals surface area contributed by atoms with Crippen molar-refractivity contribution in [2.45, 2.75) is 5.25 Å². The van der Waals surface area contributed by atoms with Gasteiger partial charge < -0.3 is 15.0 Å². The summed E-state index contributed by atoms with van der Waals surface area (Å²) >= 11 is 0. The van der Waals surface area contributed by atoms with Gasteiger partial charge in [0.25, 0.3) is 0 Å². The van der Waals surface area contributed by atoms with Gasteiger partial charge in [0, 0.05) is 5.56 Å². The van der Waals surface area contributed by atoms with Crippen LogP contribution in [-0.4, -0.2) is 23.8 Å². The van der Waals surface area contributed by atoms with Gasteiger partial charge in [-0.05, 0) is 17.0 Å². The van der Waals surface area contributed by atoms with Crippen molar-refractivity contribution >= 4 is 17.1 Å². The van der Waals surface area contributed by atoms with Gasteiger partial charge in [-0.1, -0.05) is 36.9 Å². The first kappa shape index (κ1) is 14.6. The molecular weight excluding hydrogens is 224 g/mol. The second kappa shape index (κ2) is 7.82. The second-order valence-corrected chi connectivity index (χ2v) is 5.48. The SMILES string of the molecule is C=CC(c1ccccc1)[S+](C)C.O=C([O-])O. The highest BCUT2D eigenvalue weighted by Crippen LogP contribution is 2.22. The van der Waals surface area contributed by atoms with Crippen LogP contribution >= 0.6 is 0 Å². The highest BCUT2D eigenvalue weighted by Gasteiger charge is 2.18. The molecule has 0 bridgehead atoms. The molecule has 0 aliphatic carbocycles. The molecule has 88 valence electrons. The molecule has 0 aliphatic heterocycles. The molecule has 0 heterocycles. The lowest BCUT2D eigenvalue weighted by molar-refractivity contribution is -0.275. The van der Waals surface area contributed by atoms with Crippen molar-refractivity contribution < 1.29 is 15.0 Å². The normalized spacial score (nSPS) is 11.2. The molecule has 0 saturated carbocycles. The third-order valence-electron chi connectivity index (χ3n) is 1.85. The average molecular weight is 240 g/mol. The van der Waals surface area contributed by atoms with E-state index in [-0.39, 0.29) is 0 Å². The molecule has 0 aromatic heterocycles. The topological polar surface area (TPSA) is 60.4 Å². The van der Waals surface area contributed by atoms with Crippen LogP contribution in [0.15, 0.2) is 43.0 Å². The summed E-state index contributed by atoms with van der Waals surface area (Å²) in [5.41, 5.74) is 1.38. The summed E-state index contributed by atoms with van der Waals surface area (Å²) in [4.78, 5) is 8.44. The highest BCUT2D eigenvalue weighted by atomic mass is 32.2. The quantitative estimate of drug-likeness (QED) is 0.646. The zero-order valence-electron chi connectivity index (χ0n) is 9.42. The van der Waals surface area contributed by atoms with Crippen LogP contribution in [-0.2, 0) is 10.9 Å². The van der Waals surface area contributed by atoms with E-state index in [1.54, 1.807) is 0 Å². The van der Waals surface area contributed by atoms with Crippen LogP contribution < -0.4 is 5.11 Å². The maximum absolute atomic E-state index is 8.44. The van der Waals surface area contributed by atoms with Crippen LogP contribution in [0.1, 0.15) is 10.8 Å². The molecule has 1 N–H and O–H groups in total. The Hall–Kier alpha value is -1.42. The van der Waals surface area contributed by atoms with Crippen LogP contribution in [0.5, 0.6) is 0 Å². The molecule has 1 unspecified atom stereocenters. The van der Waals surface area contributed by atoms with Crippen molar-refractivity contribution in [2.75, 3.05) is 12.5 Å². The van der Waals surface area contributed by atoms with Gasteiger partial charge in [-0.2, -0.15) is 0 Å². The Morgan fingerprint density at radius 1 is 1.44 bits per heavy atom. The third-order valence-corrected chi connectivity index (χ3v) is 3.33. The molecule has 1 atom stereocenters. The third kappa shape index (κ3) is 6.14. The van der Waals surface area contributed by atoms with E-state index < -0.39 is 6.16 Å². The van der Waals surface area contributed by atoms with Crippen molar-refractivity contribution in [3.05, 3.63) is 48.6 Å². The van der Waals surface area contributed by atoms with Gasteiger partial charge in [-0.3, -0.25) is 0 Å². The fourth-order valence-electron chi connectivity index (χ4n) is 1.24. The largest absolute Gasteiger partial charge is 0.565 e. The highest BCUT2D eigenvalue weighted by molar-refractivity contribution is 7.95. The van der Waals surface area contributed by atoms with E-state index in [4.69, 9.17) is 15.0 Å². The summed E-state index contributed by atoms with van der Waals surface area (Å²) in [5.74, 6) is 0. The minimum atomic E-state index is -2.08. The van der Waals surface area contributed by atoms with Crippen molar-refractivity contribution in [1.29, 1.82) is 0 Å². The van der Waals surface area contributed by atoms with Gasteiger partial charge in [0.1, 0.15) is 0 Å². The molecule has 0 saturated heterocycles. The zero-order valence-corrected chi connectivity index (χ0v) is 10.2. The fraction of sp³-hybridized carbons (Fsp3) is 0.250. The number of benzene rings is 1. The molecule has 3 nitrogen and oxygen atoms in total. The minimum Gasteiger partial charge on any atom is -0.565 e. The van der Waals surface area contributed by atoms with Crippen LogP contribution in [0.25, 0.3) is 0 Å². The summed E-state index contributed by atoms with van der Waals surface area (Å²) in [7, 11) is 0.378. The Morgan fingerprint density at radius 2 is 1.88 bits per heavy atom. The summed E-state index contributed by atoms with van der Waals surface area (Å²) in [6, 6.07) is 10.5. The van der Waals surface area contributed by atoms with E-state index in [0.717, 1.165) is 0 Å². The Labute approximate surface area is 98.8 Å². The van der Waals surface area contributed by atoms with Gasteiger partial charge in [0.15, 0.2) is 5.25 Å². The lowest BCUT2D eigenvalue weighted by Crippen LogP contribution is -2.17. The molecule has 0 radical (unpaired) electrons. The van der Waals surface area contributed by atoms with E-state index in [0.29, 0.717) is 16.1 Å². The predicted molar refractivity (Wildman–Crippen MR) is 66.6 cm³/mol. The maximum atomic E-state index is 8.44. The molecule has 16 heavy (non-hydrogen) atoms. The molecule has 4 heteroatoms. The van der Waals surface area contributed by atoms with E-state index in [1.165, 1.54) is 5.56 Å². The smallest absolute Gasteiger partial charge is 0.249 e. The average Bonchev–Trinajstić information content (AvgIpc) is 2.19. The monoisotopic (exact) mass is 240 g/mol. The molecule has 1 aromatic carbocycles. The van der Waals surface area contributed by atoms with Gasteiger partial charge in [0.2, 0.25) is 6.16 Å². The Bertz CT molecular complexity index is 318. The number of hydrogen-bond donors (Lipinski definition) is 1. The number of carbonyl (C=O) groups is 1. The van der Waals surface area contributed by atoms with E-state index in [9.17, 15) is 0 Å². The number of hydrogen-bond acceptors (Lipinski definition) is 2. The molecule has 0 amide bonds. The standard InChI is InChI=1S/C11H15S.CH2O3/c1-4-11(12(2)3)10-8-6-5-7-9-10;2-1(3)4/h4-9,11H,1H2,2-3H3;(H2,2,3,4)/q+1;/p-1. The van der Waals surface area contributed by atoms with E-state index in [1.807, 2.05) is 12.1 Å². The fourth-order valence-corrected chi connectivity index (χ4v) is 2.33. The Balaban J connectivity index is 0.000000487. The first-order chi connectivity index (χ1) is 7.49. The first-order valence-corrected chi connectivity index (χ1v) is 6.73. The summed E-state index contributed by atoms with van der Waals surface area (Å²) in [6.45, 7) is 3.87. The zero-order chi connectivity index (χ0) is 12.6. The Kier molecular flexibility index (Phi) is 7.12. The van der Waals surface area contributed by atoms with Crippen LogP contribution in [0.4, 0.5) is 4.79 Å². The van der Waals surface area contributed by atoms with Gasteiger partial charge in [-0.25, -0.2) is 0 Å². The molecule has 1 rings (SSSR count). The van der Waals surface area contributed by atoms with E-state index >= 15 is 0 Å². The first-order valence-electron chi connectivity index (χ1n) is 4.62. The molecular formula is C12H16O3S. The molecule has 1 aromatic rings. The van der Waals surface area contributed by atoms with Gasteiger partial charge >= 0.3 is 0 Å². The second-order valence-electron chi connectivity index (χ2n) is 3.21. The van der Waals surface area contributed by atoms with Gasteiger partial charge in [-0.15, -0.1) is 0 Å². The molecule has 0 aliphatic rings. The van der Waals surface area contributed by atoms with Crippen LogP contribution in [0.3, 0.4) is 0 Å². The van der Waals surface area contributed by atoms with Crippen molar-refractivity contribution in [1.82, 2.24) is 0 Å². The summed E-state index contributed by atoms with van der Waals surface area (Å²) < 4.78 is 0. The van der Waals surface area contributed by atoms with Gasteiger partial charge in [0.05, 0.1) is 12.5 Å². The van der Waals surface area contributed by atoms with Crippen molar-refractivity contribution in [3.8, 4) is 0 Å². The number of rotatable bonds is 3. The Morgan fingerprint density at radius 3 is 2.19 bits per heavy atom. The maximum Gasteiger partial charge on any atom is 0.249 e. The molecule has 0 fully saturated rings. The lowest BCUT2D eigenvalue weighted by atomic mass is 10.1. The van der Waals surface area contributed by atoms with Crippen LogP contribution in [0, 0.1) is 0 Å². The molecule has 0 spiro atoms. The minimum absolute atomic E-state index is 0.378. The van der Waals surface area contributed by atoms with E-state index in [2.05, 4.69) is 43.4 Å². The lowest BCUT2D eigenvalue weighted by Gasteiger charge is -2.08. The van der Waals surface area contributed by atoms with Crippen molar-refractivity contribution in [3.63, 3.8) is 0 Å². The predicted octanol–water partition coefficient (Wildman–Crippen LogP) is 1.68. The number of carboxylic acid groups (broad SMARTS) is 2. The summed E-state index contributed by atoms with van der Waals surface area (Å²) in [6.07, 6.45) is 4.46. The summed E-state index contributed by atoms with van der Waals surface area (Å²) in [5, 5.41) is 15.8. The van der Waals surface area contributed by atoms with Crippen molar-refractivity contribution in [2.24, 2.45) is 0 Å².